The summed E-state index contributed by atoms with van der Waals surface area (Å²) in [5, 5.41) is 9.04. The molecule has 0 unspecified atom stereocenters. The Kier molecular flexibility index (Phi) is 6.15. The van der Waals surface area contributed by atoms with Gasteiger partial charge in [-0.15, -0.1) is 0 Å². The zero-order chi connectivity index (χ0) is 20.9. The summed E-state index contributed by atoms with van der Waals surface area (Å²) in [6, 6.07) is 24.7. The largest absolute Gasteiger partial charge is 0.478 e. The molecule has 0 atom stereocenters. The summed E-state index contributed by atoms with van der Waals surface area (Å²) < 4.78 is 0. The van der Waals surface area contributed by atoms with Crippen LogP contribution < -0.4 is 4.90 Å². The molecule has 0 saturated heterocycles. The van der Waals surface area contributed by atoms with E-state index in [9.17, 15) is 4.79 Å². The van der Waals surface area contributed by atoms with Gasteiger partial charge in [0, 0.05) is 24.5 Å². The van der Waals surface area contributed by atoms with Crippen LogP contribution in [-0.4, -0.2) is 36.1 Å². The lowest BCUT2D eigenvalue weighted by Crippen LogP contribution is -2.25. The maximum absolute atomic E-state index is 11.0. The lowest BCUT2D eigenvalue weighted by molar-refractivity contribution is 0.0697. The molecule has 1 N–H and O–H groups in total. The fourth-order valence-electron chi connectivity index (χ4n) is 4.25. The lowest BCUT2D eigenvalue weighted by Gasteiger charge is -2.28. The Hall–Kier alpha value is -3.11. The van der Waals surface area contributed by atoms with Gasteiger partial charge in [0.1, 0.15) is 0 Å². The number of fused-ring (bicyclic) bond motifs is 2. The van der Waals surface area contributed by atoms with Gasteiger partial charge in [-0.1, -0.05) is 48.5 Å². The number of carboxylic acid groups (broad SMARTS) is 1. The lowest BCUT2D eigenvalue weighted by atomic mass is 10.0. The van der Waals surface area contributed by atoms with Gasteiger partial charge in [-0.05, 0) is 73.8 Å². The molecule has 1 heterocycles. The van der Waals surface area contributed by atoms with Crippen molar-refractivity contribution in [1.82, 2.24) is 4.90 Å². The van der Waals surface area contributed by atoms with Crippen LogP contribution in [0.5, 0.6) is 0 Å². The molecule has 3 aromatic carbocycles. The quantitative estimate of drug-likeness (QED) is 0.596. The highest BCUT2D eigenvalue weighted by Gasteiger charge is 2.19. The van der Waals surface area contributed by atoms with Crippen molar-refractivity contribution in [2.75, 3.05) is 25.0 Å². The van der Waals surface area contributed by atoms with Gasteiger partial charge < -0.3 is 14.9 Å². The summed E-state index contributed by atoms with van der Waals surface area (Å²) in [5.74, 6) is -0.882. The first kappa shape index (κ1) is 20.2. The highest BCUT2D eigenvalue weighted by atomic mass is 16.4. The monoisotopic (exact) mass is 400 g/mol. The Morgan fingerprint density at radius 2 is 1.47 bits per heavy atom. The summed E-state index contributed by atoms with van der Waals surface area (Å²) in [6.07, 6.45) is 3.21. The maximum Gasteiger partial charge on any atom is 0.335 e. The van der Waals surface area contributed by atoms with Crippen molar-refractivity contribution < 1.29 is 9.90 Å². The second-order valence-electron chi connectivity index (χ2n) is 8.00. The minimum Gasteiger partial charge on any atom is -0.478 e. The predicted molar refractivity (Wildman–Crippen MR) is 122 cm³/mol. The summed E-state index contributed by atoms with van der Waals surface area (Å²) >= 11 is 0. The van der Waals surface area contributed by atoms with E-state index in [1.54, 1.807) is 12.1 Å². The number of anilines is 2. The number of hydrogen-bond acceptors (Lipinski definition) is 3. The summed E-state index contributed by atoms with van der Waals surface area (Å²) in [4.78, 5) is 15.8. The molecule has 1 aliphatic rings. The van der Waals surface area contributed by atoms with Crippen LogP contribution in [0.3, 0.4) is 0 Å². The summed E-state index contributed by atoms with van der Waals surface area (Å²) in [6.45, 7) is 2.75. The van der Waals surface area contributed by atoms with Crippen molar-refractivity contribution in [3.63, 3.8) is 0 Å². The molecular formula is C26H28N2O2. The number of para-hydroxylation sites is 2. The van der Waals surface area contributed by atoms with Crippen molar-refractivity contribution in [2.45, 2.75) is 25.8 Å². The Labute approximate surface area is 178 Å². The number of hydrogen-bond donors (Lipinski definition) is 1. The van der Waals surface area contributed by atoms with E-state index in [0.717, 1.165) is 44.5 Å². The smallest absolute Gasteiger partial charge is 0.335 e. The zero-order valence-electron chi connectivity index (χ0n) is 17.4. The van der Waals surface area contributed by atoms with E-state index in [0.29, 0.717) is 5.56 Å². The van der Waals surface area contributed by atoms with Gasteiger partial charge >= 0.3 is 5.97 Å². The van der Waals surface area contributed by atoms with Crippen LogP contribution in [-0.2, 0) is 19.4 Å². The number of carbonyl (C=O) groups is 1. The molecule has 0 bridgehead atoms. The molecule has 0 aliphatic carbocycles. The minimum absolute atomic E-state index is 0.333. The second-order valence-corrected chi connectivity index (χ2v) is 8.00. The van der Waals surface area contributed by atoms with Crippen molar-refractivity contribution in [1.29, 1.82) is 0 Å². The molecule has 1 aliphatic heterocycles. The molecular weight excluding hydrogens is 372 g/mol. The molecule has 30 heavy (non-hydrogen) atoms. The number of aryl methyl sites for hydroxylation is 2. The number of nitrogens with zero attached hydrogens (tertiary/aromatic N) is 2. The van der Waals surface area contributed by atoms with E-state index in [-0.39, 0.29) is 0 Å². The molecule has 0 spiro atoms. The molecule has 0 fully saturated rings. The third-order valence-corrected chi connectivity index (χ3v) is 5.80. The van der Waals surface area contributed by atoms with Crippen LogP contribution >= 0.6 is 0 Å². The molecule has 4 heteroatoms. The molecule has 154 valence electrons. The van der Waals surface area contributed by atoms with Crippen LogP contribution in [0, 0.1) is 0 Å². The van der Waals surface area contributed by atoms with E-state index in [1.165, 1.54) is 22.5 Å². The van der Waals surface area contributed by atoms with Gasteiger partial charge in [0.05, 0.1) is 5.56 Å². The average Bonchev–Trinajstić information content (AvgIpc) is 2.91. The Morgan fingerprint density at radius 3 is 2.03 bits per heavy atom. The Balaban J connectivity index is 1.41. The Bertz CT molecular complexity index is 966. The van der Waals surface area contributed by atoms with Gasteiger partial charge in [0.15, 0.2) is 0 Å². The van der Waals surface area contributed by atoms with E-state index >= 15 is 0 Å². The number of carboxylic acids is 1. The third-order valence-electron chi connectivity index (χ3n) is 5.80. The minimum atomic E-state index is -0.882. The highest BCUT2D eigenvalue weighted by Crippen LogP contribution is 2.35. The van der Waals surface area contributed by atoms with Gasteiger partial charge in [-0.2, -0.15) is 0 Å². The molecule has 0 aromatic heterocycles. The topological polar surface area (TPSA) is 43.8 Å². The van der Waals surface area contributed by atoms with E-state index in [1.807, 2.05) is 12.1 Å². The fraction of sp³-hybridized carbons (Fsp3) is 0.269. The predicted octanol–water partition coefficient (Wildman–Crippen LogP) is 5.14. The van der Waals surface area contributed by atoms with Crippen molar-refractivity contribution in [3.8, 4) is 0 Å². The first-order chi connectivity index (χ1) is 14.6. The number of aromatic carboxylic acids is 1. The maximum atomic E-state index is 11.0. The first-order valence-corrected chi connectivity index (χ1v) is 10.6. The van der Waals surface area contributed by atoms with Gasteiger partial charge in [0.25, 0.3) is 0 Å². The van der Waals surface area contributed by atoms with Crippen LogP contribution in [0.25, 0.3) is 0 Å². The molecule has 0 radical (unpaired) electrons. The van der Waals surface area contributed by atoms with Gasteiger partial charge in [-0.25, -0.2) is 4.79 Å². The molecule has 4 nitrogen and oxygen atoms in total. The molecule has 4 rings (SSSR count). The highest BCUT2D eigenvalue weighted by molar-refractivity contribution is 5.87. The third kappa shape index (κ3) is 4.55. The average molecular weight is 401 g/mol. The van der Waals surface area contributed by atoms with E-state index in [4.69, 9.17) is 5.11 Å². The molecule has 3 aromatic rings. The fourth-order valence-corrected chi connectivity index (χ4v) is 4.25. The summed E-state index contributed by atoms with van der Waals surface area (Å²) in [7, 11) is 2.12. The molecule has 0 saturated carbocycles. The van der Waals surface area contributed by atoms with Gasteiger partial charge in [-0.3, -0.25) is 0 Å². The molecule has 0 amide bonds. The first-order valence-electron chi connectivity index (χ1n) is 10.6. The van der Waals surface area contributed by atoms with Crippen molar-refractivity contribution in [2.24, 2.45) is 0 Å². The van der Waals surface area contributed by atoms with Crippen LogP contribution in [0.15, 0.2) is 72.8 Å². The Morgan fingerprint density at radius 1 is 0.900 bits per heavy atom. The zero-order valence-corrected chi connectivity index (χ0v) is 17.4. The van der Waals surface area contributed by atoms with Crippen LogP contribution in [0.1, 0.15) is 33.5 Å². The summed E-state index contributed by atoms with van der Waals surface area (Å²) in [5.41, 5.74) is 6.96. The second kappa shape index (κ2) is 9.14. The normalized spacial score (nSPS) is 12.9. The standard InChI is InChI=1S/C26H28N2O2/c1-27(19-20-11-13-23(14-12-20)26(29)30)17-6-18-28-24-9-4-2-7-21(24)15-16-22-8-3-5-10-25(22)28/h2-5,7-14H,6,15-19H2,1H3,(H,29,30). The van der Waals surface area contributed by atoms with E-state index in [2.05, 4.69) is 65.4 Å². The van der Waals surface area contributed by atoms with Crippen LogP contribution in [0.2, 0.25) is 0 Å². The SMILES string of the molecule is CN(CCCN1c2ccccc2CCc2ccccc21)Cc1ccc(C(=O)O)cc1. The number of benzene rings is 3. The van der Waals surface area contributed by atoms with Gasteiger partial charge in [0.2, 0.25) is 0 Å². The van der Waals surface area contributed by atoms with Crippen molar-refractivity contribution >= 4 is 17.3 Å². The van der Waals surface area contributed by atoms with Crippen LogP contribution in [0.4, 0.5) is 11.4 Å². The van der Waals surface area contributed by atoms with Crippen molar-refractivity contribution in [3.05, 3.63) is 95.1 Å². The number of rotatable bonds is 7. The van der Waals surface area contributed by atoms with E-state index < -0.39 is 5.97 Å².